The minimum Gasteiger partial charge on any atom is -0.317 e. The second-order valence-corrected chi connectivity index (χ2v) is 5.69. The van der Waals surface area contributed by atoms with Crippen LogP contribution in [0.15, 0.2) is 0 Å². The van der Waals surface area contributed by atoms with Gasteiger partial charge in [-0.3, -0.25) is 0 Å². The van der Waals surface area contributed by atoms with Crippen molar-refractivity contribution in [3.05, 3.63) is 0 Å². The summed E-state index contributed by atoms with van der Waals surface area (Å²) < 4.78 is 0. The zero-order valence-electron chi connectivity index (χ0n) is 11.0. The average Bonchev–Trinajstić information content (AvgIpc) is 2.17. The molecule has 1 aliphatic rings. The summed E-state index contributed by atoms with van der Waals surface area (Å²) in [5, 5.41) is 3.47. The molecule has 0 aromatic carbocycles. The lowest BCUT2D eigenvalue weighted by molar-refractivity contribution is 0.116. The molecule has 1 N–H and O–H groups in total. The zero-order valence-corrected chi connectivity index (χ0v) is 11.0. The van der Waals surface area contributed by atoms with Gasteiger partial charge in [-0.05, 0) is 50.7 Å². The largest absolute Gasteiger partial charge is 0.317 e. The molecule has 1 aliphatic heterocycles. The molecule has 2 heteroatoms. The predicted octanol–water partition coefficient (Wildman–Crippen LogP) is 2.35. The molecule has 0 aliphatic carbocycles. The smallest absolute Gasteiger partial charge is 0.00359 e. The third-order valence-corrected chi connectivity index (χ3v) is 3.70. The van der Waals surface area contributed by atoms with Gasteiger partial charge in [-0.1, -0.05) is 20.8 Å². The molecule has 0 amide bonds. The van der Waals surface area contributed by atoms with E-state index in [2.05, 4.69) is 38.0 Å². The van der Waals surface area contributed by atoms with E-state index < -0.39 is 0 Å². The van der Waals surface area contributed by atoms with Crippen LogP contribution in [0.5, 0.6) is 0 Å². The Balaban J connectivity index is 2.43. The number of nitrogens with one attached hydrogen (secondary N) is 1. The van der Waals surface area contributed by atoms with E-state index in [4.69, 9.17) is 0 Å². The minimum absolute atomic E-state index is 0.592. The maximum atomic E-state index is 3.47. The van der Waals surface area contributed by atoms with Crippen molar-refractivity contribution >= 4 is 0 Å². The lowest BCUT2D eigenvalue weighted by Crippen LogP contribution is -2.44. The highest BCUT2D eigenvalue weighted by atomic mass is 15.1. The standard InChI is InChI=1S/C13H28N2/c1-5-13(6-8-14-9-7-13)11-15(4)10-12(2)3/h12,14H,5-11H2,1-4H3. The Kier molecular flexibility index (Phi) is 5.07. The summed E-state index contributed by atoms with van der Waals surface area (Å²) in [5.74, 6) is 0.783. The third-order valence-electron chi connectivity index (χ3n) is 3.70. The highest BCUT2D eigenvalue weighted by molar-refractivity contribution is 4.85. The van der Waals surface area contributed by atoms with Crippen LogP contribution in [0.4, 0.5) is 0 Å². The fourth-order valence-corrected chi connectivity index (χ4v) is 2.84. The molecule has 1 heterocycles. The topological polar surface area (TPSA) is 15.3 Å². The Morgan fingerprint density at radius 2 is 1.87 bits per heavy atom. The average molecular weight is 212 g/mol. The van der Waals surface area contributed by atoms with E-state index in [-0.39, 0.29) is 0 Å². The Labute approximate surface area is 95.4 Å². The Morgan fingerprint density at radius 3 is 2.33 bits per heavy atom. The zero-order chi connectivity index (χ0) is 11.3. The van der Waals surface area contributed by atoms with Gasteiger partial charge in [-0.25, -0.2) is 0 Å². The first-order chi connectivity index (χ1) is 7.08. The fraction of sp³-hybridized carbons (Fsp3) is 1.00. The minimum atomic E-state index is 0.592. The highest BCUT2D eigenvalue weighted by Crippen LogP contribution is 2.33. The molecule has 15 heavy (non-hydrogen) atoms. The summed E-state index contributed by atoms with van der Waals surface area (Å²) in [6.07, 6.45) is 4.04. The first-order valence-electron chi connectivity index (χ1n) is 6.47. The van der Waals surface area contributed by atoms with Crippen molar-refractivity contribution in [3.8, 4) is 0 Å². The SMILES string of the molecule is CCC1(CN(C)CC(C)C)CCNCC1. The number of rotatable bonds is 5. The van der Waals surface area contributed by atoms with Crippen molar-refractivity contribution in [3.63, 3.8) is 0 Å². The van der Waals surface area contributed by atoms with Gasteiger partial charge in [0, 0.05) is 13.1 Å². The van der Waals surface area contributed by atoms with E-state index in [9.17, 15) is 0 Å². The summed E-state index contributed by atoms with van der Waals surface area (Å²) in [4.78, 5) is 2.53. The molecule has 0 aromatic rings. The van der Waals surface area contributed by atoms with Crippen LogP contribution < -0.4 is 5.32 Å². The third kappa shape index (κ3) is 4.12. The molecule has 0 aromatic heterocycles. The molecule has 1 rings (SSSR count). The van der Waals surface area contributed by atoms with E-state index in [0.717, 1.165) is 5.92 Å². The van der Waals surface area contributed by atoms with Crippen LogP contribution in [0.3, 0.4) is 0 Å². The van der Waals surface area contributed by atoms with E-state index in [1.54, 1.807) is 0 Å². The van der Waals surface area contributed by atoms with E-state index in [1.165, 1.54) is 45.4 Å². The Hall–Kier alpha value is -0.0800. The van der Waals surface area contributed by atoms with Gasteiger partial charge in [0.15, 0.2) is 0 Å². The summed E-state index contributed by atoms with van der Waals surface area (Å²) in [6, 6.07) is 0. The van der Waals surface area contributed by atoms with Gasteiger partial charge in [0.05, 0.1) is 0 Å². The number of hydrogen-bond acceptors (Lipinski definition) is 2. The normalized spacial score (nSPS) is 21.2. The van der Waals surface area contributed by atoms with Crippen molar-refractivity contribution in [1.29, 1.82) is 0 Å². The molecule has 0 unspecified atom stereocenters. The van der Waals surface area contributed by atoms with Crippen LogP contribution in [0.2, 0.25) is 0 Å². The van der Waals surface area contributed by atoms with E-state index >= 15 is 0 Å². The van der Waals surface area contributed by atoms with Gasteiger partial charge in [0.1, 0.15) is 0 Å². The number of piperidine rings is 1. The van der Waals surface area contributed by atoms with Gasteiger partial charge in [-0.15, -0.1) is 0 Å². The molecule has 1 saturated heterocycles. The molecular weight excluding hydrogens is 184 g/mol. The first kappa shape index (κ1) is 13.0. The van der Waals surface area contributed by atoms with Gasteiger partial charge in [-0.2, -0.15) is 0 Å². The predicted molar refractivity (Wildman–Crippen MR) is 67.2 cm³/mol. The summed E-state index contributed by atoms with van der Waals surface area (Å²) in [5.41, 5.74) is 0.592. The highest BCUT2D eigenvalue weighted by Gasteiger charge is 2.31. The van der Waals surface area contributed by atoms with Gasteiger partial charge in [0.2, 0.25) is 0 Å². The monoisotopic (exact) mass is 212 g/mol. The summed E-state index contributed by atoms with van der Waals surface area (Å²) in [6.45, 7) is 11.9. The van der Waals surface area contributed by atoms with E-state index in [0.29, 0.717) is 5.41 Å². The molecule has 90 valence electrons. The van der Waals surface area contributed by atoms with Crippen LogP contribution in [0, 0.1) is 11.3 Å². The molecule has 0 spiro atoms. The molecular formula is C13H28N2. The Bertz CT molecular complexity index is 171. The van der Waals surface area contributed by atoms with Crippen LogP contribution in [0.1, 0.15) is 40.0 Å². The molecule has 0 saturated carbocycles. The van der Waals surface area contributed by atoms with Crippen molar-refractivity contribution in [2.45, 2.75) is 40.0 Å². The molecule has 0 radical (unpaired) electrons. The second-order valence-electron chi connectivity index (χ2n) is 5.69. The van der Waals surface area contributed by atoms with Gasteiger partial charge >= 0.3 is 0 Å². The van der Waals surface area contributed by atoms with Crippen LogP contribution >= 0.6 is 0 Å². The van der Waals surface area contributed by atoms with Crippen LogP contribution in [0.25, 0.3) is 0 Å². The fourth-order valence-electron chi connectivity index (χ4n) is 2.84. The number of nitrogens with zero attached hydrogens (tertiary/aromatic N) is 1. The second kappa shape index (κ2) is 5.86. The number of hydrogen-bond donors (Lipinski definition) is 1. The van der Waals surface area contributed by atoms with Gasteiger partial charge < -0.3 is 10.2 Å². The van der Waals surface area contributed by atoms with Crippen molar-refractivity contribution in [1.82, 2.24) is 10.2 Å². The van der Waals surface area contributed by atoms with Crippen LogP contribution in [-0.4, -0.2) is 38.1 Å². The quantitative estimate of drug-likeness (QED) is 0.752. The summed E-state index contributed by atoms with van der Waals surface area (Å²) >= 11 is 0. The lowest BCUT2D eigenvalue weighted by atomic mass is 9.76. The van der Waals surface area contributed by atoms with Crippen molar-refractivity contribution < 1.29 is 0 Å². The molecule has 0 atom stereocenters. The molecule has 2 nitrogen and oxygen atoms in total. The first-order valence-corrected chi connectivity index (χ1v) is 6.47. The Morgan fingerprint density at radius 1 is 1.27 bits per heavy atom. The molecule has 1 fully saturated rings. The maximum absolute atomic E-state index is 3.47. The van der Waals surface area contributed by atoms with E-state index in [1.807, 2.05) is 0 Å². The van der Waals surface area contributed by atoms with Crippen molar-refractivity contribution in [2.24, 2.45) is 11.3 Å². The molecule has 0 bridgehead atoms. The summed E-state index contributed by atoms with van der Waals surface area (Å²) in [7, 11) is 2.28. The van der Waals surface area contributed by atoms with Gasteiger partial charge in [0.25, 0.3) is 0 Å². The maximum Gasteiger partial charge on any atom is 0.00359 e. The van der Waals surface area contributed by atoms with Crippen LogP contribution in [-0.2, 0) is 0 Å². The van der Waals surface area contributed by atoms with Crippen molar-refractivity contribution in [2.75, 3.05) is 33.2 Å². The lowest BCUT2D eigenvalue weighted by Gasteiger charge is -2.40.